The lowest BCUT2D eigenvalue weighted by atomic mass is 10.4. The minimum atomic E-state index is -0.459. The van der Waals surface area contributed by atoms with Gasteiger partial charge in [-0.2, -0.15) is 5.21 Å². The molecular weight excluding hydrogens is 212 g/mol. The molecular formula is C7H8N8O. The molecule has 2 rings (SSSR count). The summed E-state index contributed by atoms with van der Waals surface area (Å²) >= 11 is 0. The van der Waals surface area contributed by atoms with E-state index >= 15 is 0 Å². The van der Waals surface area contributed by atoms with Gasteiger partial charge in [0, 0.05) is 19.4 Å². The van der Waals surface area contributed by atoms with E-state index in [9.17, 15) is 4.79 Å². The van der Waals surface area contributed by atoms with E-state index in [0.717, 1.165) is 0 Å². The maximum absolute atomic E-state index is 11.7. The molecule has 2 heterocycles. The van der Waals surface area contributed by atoms with Gasteiger partial charge in [0.1, 0.15) is 0 Å². The minimum absolute atomic E-state index is 0.0812. The van der Waals surface area contributed by atoms with Gasteiger partial charge in [-0.15, -0.1) is 5.10 Å². The van der Waals surface area contributed by atoms with Crippen molar-refractivity contribution in [2.24, 2.45) is 0 Å². The average molecular weight is 220 g/mol. The van der Waals surface area contributed by atoms with E-state index < -0.39 is 5.91 Å². The Labute approximate surface area is 89.7 Å². The van der Waals surface area contributed by atoms with E-state index in [-0.39, 0.29) is 11.6 Å². The Morgan fingerprint density at radius 1 is 1.38 bits per heavy atom. The molecule has 1 amide bonds. The second-order valence-electron chi connectivity index (χ2n) is 2.69. The number of nitrogens with zero attached hydrogens (tertiary/aromatic N) is 5. The van der Waals surface area contributed by atoms with Crippen LogP contribution in [0, 0.1) is 0 Å². The standard InChI is InChI=1S/C7H8N8O/c1-8-5-4(9-2-3-10-5)6(16)11-7-12-14-15-13-7/h2-3H,1H3,(H,8,10)(H2,11,12,13,14,15,16). The fraction of sp³-hybridized carbons (Fsp3) is 0.143. The summed E-state index contributed by atoms with van der Waals surface area (Å²) in [7, 11) is 1.65. The molecule has 0 saturated carbocycles. The van der Waals surface area contributed by atoms with Crippen molar-refractivity contribution in [3.05, 3.63) is 18.1 Å². The Bertz CT molecular complexity index is 481. The Hall–Kier alpha value is -2.58. The maximum Gasteiger partial charge on any atom is 0.280 e. The highest BCUT2D eigenvalue weighted by atomic mass is 16.2. The predicted molar refractivity (Wildman–Crippen MR) is 53.7 cm³/mol. The number of carbonyl (C=O) groups excluding carboxylic acids is 1. The number of carbonyl (C=O) groups is 1. The molecule has 0 fully saturated rings. The van der Waals surface area contributed by atoms with Crippen LogP contribution in [-0.2, 0) is 0 Å². The van der Waals surface area contributed by atoms with E-state index in [1.165, 1.54) is 12.4 Å². The molecule has 0 aromatic carbocycles. The van der Waals surface area contributed by atoms with Crippen LogP contribution in [0.1, 0.15) is 10.5 Å². The van der Waals surface area contributed by atoms with Gasteiger partial charge >= 0.3 is 0 Å². The number of tetrazole rings is 1. The second kappa shape index (κ2) is 4.29. The maximum atomic E-state index is 11.7. The van der Waals surface area contributed by atoms with Crippen molar-refractivity contribution in [2.75, 3.05) is 17.7 Å². The fourth-order valence-corrected chi connectivity index (χ4v) is 1.06. The first-order valence-corrected chi connectivity index (χ1v) is 4.35. The lowest BCUT2D eigenvalue weighted by Crippen LogP contribution is -2.17. The molecule has 0 saturated heterocycles. The molecule has 2 aromatic heterocycles. The van der Waals surface area contributed by atoms with Gasteiger partial charge in [-0.25, -0.2) is 9.97 Å². The van der Waals surface area contributed by atoms with Crippen LogP contribution in [0.4, 0.5) is 11.8 Å². The fourth-order valence-electron chi connectivity index (χ4n) is 1.06. The first kappa shape index (κ1) is 9.96. The largest absolute Gasteiger partial charge is 0.371 e. The lowest BCUT2D eigenvalue weighted by Gasteiger charge is -2.04. The summed E-state index contributed by atoms with van der Waals surface area (Å²) in [4.78, 5) is 19.6. The highest BCUT2D eigenvalue weighted by molar-refractivity contribution is 6.04. The number of hydrogen-bond acceptors (Lipinski definition) is 7. The molecule has 9 nitrogen and oxygen atoms in total. The second-order valence-corrected chi connectivity index (χ2v) is 2.69. The molecule has 0 spiro atoms. The Kier molecular flexibility index (Phi) is 2.67. The van der Waals surface area contributed by atoms with Crippen LogP contribution in [0.3, 0.4) is 0 Å². The number of aromatic amines is 1. The summed E-state index contributed by atoms with van der Waals surface area (Å²) in [6.07, 6.45) is 2.91. The average Bonchev–Trinajstić information content (AvgIpc) is 2.81. The van der Waals surface area contributed by atoms with Crippen molar-refractivity contribution >= 4 is 17.7 Å². The highest BCUT2D eigenvalue weighted by Gasteiger charge is 2.14. The minimum Gasteiger partial charge on any atom is -0.371 e. The van der Waals surface area contributed by atoms with Crippen LogP contribution in [0.2, 0.25) is 0 Å². The van der Waals surface area contributed by atoms with Gasteiger partial charge in [0.15, 0.2) is 11.5 Å². The molecule has 2 aromatic rings. The zero-order valence-electron chi connectivity index (χ0n) is 8.30. The smallest absolute Gasteiger partial charge is 0.280 e. The van der Waals surface area contributed by atoms with Gasteiger partial charge in [-0.05, 0) is 5.21 Å². The van der Waals surface area contributed by atoms with Gasteiger partial charge in [0.25, 0.3) is 11.9 Å². The van der Waals surface area contributed by atoms with Crippen molar-refractivity contribution < 1.29 is 4.79 Å². The zero-order chi connectivity index (χ0) is 11.4. The quantitative estimate of drug-likeness (QED) is 0.624. The van der Waals surface area contributed by atoms with Crippen molar-refractivity contribution in [1.29, 1.82) is 0 Å². The molecule has 0 radical (unpaired) electrons. The number of anilines is 2. The molecule has 0 atom stereocenters. The van der Waals surface area contributed by atoms with Crippen LogP contribution >= 0.6 is 0 Å². The van der Waals surface area contributed by atoms with Gasteiger partial charge in [0.05, 0.1) is 0 Å². The third-order valence-corrected chi connectivity index (χ3v) is 1.72. The van der Waals surface area contributed by atoms with E-state index in [1.807, 2.05) is 0 Å². The number of hydrogen-bond donors (Lipinski definition) is 3. The third-order valence-electron chi connectivity index (χ3n) is 1.72. The number of H-pyrrole nitrogens is 1. The topological polar surface area (TPSA) is 121 Å². The Morgan fingerprint density at radius 3 is 2.88 bits per heavy atom. The van der Waals surface area contributed by atoms with Crippen LogP contribution < -0.4 is 10.6 Å². The van der Waals surface area contributed by atoms with Gasteiger partial charge in [0.2, 0.25) is 0 Å². The summed E-state index contributed by atoms with van der Waals surface area (Å²) in [5, 5.41) is 17.9. The molecule has 82 valence electrons. The van der Waals surface area contributed by atoms with E-state index in [2.05, 4.69) is 41.2 Å². The summed E-state index contributed by atoms with van der Waals surface area (Å²) in [5.74, 6) is 0.0000472. The van der Waals surface area contributed by atoms with Gasteiger partial charge in [-0.1, -0.05) is 5.10 Å². The van der Waals surface area contributed by atoms with Crippen molar-refractivity contribution in [3.8, 4) is 0 Å². The van der Waals surface area contributed by atoms with Crippen molar-refractivity contribution in [2.45, 2.75) is 0 Å². The highest BCUT2D eigenvalue weighted by Crippen LogP contribution is 2.08. The molecule has 0 aliphatic rings. The first-order valence-electron chi connectivity index (χ1n) is 4.35. The van der Waals surface area contributed by atoms with E-state index in [0.29, 0.717) is 5.82 Å². The van der Waals surface area contributed by atoms with E-state index in [1.54, 1.807) is 7.05 Å². The third kappa shape index (κ3) is 1.92. The monoisotopic (exact) mass is 220 g/mol. The molecule has 3 N–H and O–H groups in total. The van der Waals surface area contributed by atoms with Crippen LogP contribution in [0.15, 0.2) is 12.4 Å². The van der Waals surface area contributed by atoms with Crippen LogP contribution in [0.5, 0.6) is 0 Å². The Balaban J connectivity index is 2.21. The number of amides is 1. The summed E-state index contributed by atoms with van der Waals surface area (Å²) in [6.45, 7) is 0. The predicted octanol–water partition coefficient (Wildman–Crippen LogP) is -0.716. The van der Waals surface area contributed by atoms with Crippen molar-refractivity contribution in [1.82, 2.24) is 30.6 Å². The molecule has 0 aliphatic heterocycles. The summed E-state index contributed by atoms with van der Waals surface area (Å²) in [6, 6.07) is 0. The molecule has 9 heteroatoms. The van der Waals surface area contributed by atoms with Crippen LogP contribution in [-0.4, -0.2) is 43.5 Å². The number of aromatic nitrogens is 6. The molecule has 16 heavy (non-hydrogen) atoms. The van der Waals surface area contributed by atoms with Gasteiger partial charge in [-0.3, -0.25) is 10.1 Å². The lowest BCUT2D eigenvalue weighted by molar-refractivity contribution is 0.102. The normalized spacial score (nSPS) is 9.81. The van der Waals surface area contributed by atoms with Gasteiger partial charge < -0.3 is 5.32 Å². The molecule has 0 bridgehead atoms. The molecule has 0 unspecified atom stereocenters. The summed E-state index contributed by atoms with van der Waals surface area (Å²) < 4.78 is 0. The Morgan fingerprint density at radius 2 is 2.19 bits per heavy atom. The summed E-state index contributed by atoms with van der Waals surface area (Å²) in [5.41, 5.74) is 0.162. The number of rotatable bonds is 3. The van der Waals surface area contributed by atoms with Crippen molar-refractivity contribution in [3.63, 3.8) is 0 Å². The first-order chi connectivity index (χ1) is 7.81. The molecule has 0 aliphatic carbocycles. The van der Waals surface area contributed by atoms with Crippen LogP contribution in [0.25, 0.3) is 0 Å². The zero-order valence-corrected chi connectivity index (χ0v) is 8.30. The number of nitrogens with one attached hydrogen (secondary N) is 3. The van der Waals surface area contributed by atoms with E-state index in [4.69, 9.17) is 0 Å². The SMILES string of the molecule is CNc1nccnc1C(=O)Nc1nn[nH]n1.